The Hall–Kier alpha value is -0.820. The van der Waals surface area contributed by atoms with E-state index in [2.05, 4.69) is 10.6 Å². The fraction of sp³-hybridized carbons (Fsp3) is 0.905. The predicted molar refractivity (Wildman–Crippen MR) is 128 cm³/mol. The minimum atomic E-state index is -1.36. The molecule has 3 aliphatic heterocycles. The van der Waals surface area contributed by atoms with Crippen LogP contribution in [-0.4, -0.2) is 82.0 Å². The van der Waals surface area contributed by atoms with Gasteiger partial charge in [0.05, 0.1) is 0 Å². The van der Waals surface area contributed by atoms with Crippen LogP contribution in [0.15, 0.2) is 0 Å². The van der Waals surface area contributed by atoms with Crippen LogP contribution in [-0.2, 0) is 19.3 Å². The molecule has 0 amide bonds. The molecule has 34 heavy (non-hydrogen) atoms. The van der Waals surface area contributed by atoms with Crippen molar-refractivity contribution in [2.45, 2.75) is 87.3 Å². The van der Waals surface area contributed by atoms with Crippen molar-refractivity contribution >= 4 is 37.9 Å². The van der Waals surface area contributed by atoms with E-state index < -0.39 is 37.8 Å². The van der Waals surface area contributed by atoms with Gasteiger partial charge in [-0.05, 0) is 63.5 Å². The molecule has 0 aromatic heterocycles. The van der Waals surface area contributed by atoms with Gasteiger partial charge in [0.1, 0.15) is 11.6 Å². The summed E-state index contributed by atoms with van der Waals surface area (Å²) >= 11 is 1.82. The maximum atomic E-state index is 12.8. The van der Waals surface area contributed by atoms with E-state index in [1.54, 1.807) is 0 Å². The highest BCUT2D eigenvalue weighted by Crippen LogP contribution is 2.55. The van der Waals surface area contributed by atoms with E-state index in [0.29, 0.717) is 45.2 Å². The van der Waals surface area contributed by atoms with Gasteiger partial charge >= 0.3 is 26.2 Å². The van der Waals surface area contributed by atoms with Crippen LogP contribution >= 0.6 is 11.8 Å². The number of rotatable bonds is 12. The molecule has 0 radical (unpaired) electrons. The monoisotopic (exact) mass is 498 g/mol. The van der Waals surface area contributed by atoms with Gasteiger partial charge in [-0.15, -0.1) is 0 Å². The van der Waals surface area contributed by atoms with E-state index in [1.807, 2.05) is 11.8 Å². The van der Waals surface area contributed by atoms with Gasteiger partial charge in [-0.1, -0.05) is 19.3 Å². The van der Waals surface area contributed by atoms with E-state index in [4.69, 9.17) is 9.69 Å². The highest BCUT2D eigenvalue weighted by Gasteiger charge is 2.62. The third-order valence-electron chi connectivity index (χ3n) is 8.81. The van der Waals surface area contributed by atoms with Crippen molar-refractivity contribution in [2.24, 2.45) is 10.8 Å². The second kappa shape index (κ2) is 10.7. The first-order valence-electron chi connectivity index (χ1n) is 12.5. The Kier molecular flexibility index (Phi) is 8.23. The number of thioether (sulfide) groups is 1. The van der Waals surface area contributed by atoms with Gasteiger partial charge in [0, 0.05) is 22.6 Å². The number of carboxylic acids is 1. The normalized spacial score (nSPS) is 36.3. The van der Waals surface area contributed by atoms with Crippen molar-refractivity contribution < 1.29 is 39.5 Å². The first-order chi connectivity index (χ1) is 16.2. The van der Waals surface area contributed by atoms with E-state index in [9.17, 15) is 29.8 Å². The molecule has 4 aliphatic rings. The molecule has 4 rings (SSSR count). The maximum Gasteiger partial charge on any atom is 0.504 e. The van der Waals surface area contributed by atoms with Crippen LogP contribution in [0, 0.1) is 10.8 Å². The Bertz CT molecular complexity index is 752. The van der Waals surface area contributed by atoms with Crippen molar-refractivity contribution in [3.8, 4) is 0 Å². The Balaban J connectivity index is 1.25. The zero-order valence-corrected chi connectivity index (χ0v) is 20.4. The van der Waals surface area contributed by atoms with Crippen LogP contribution in [0.1, 0.15) is 57.8 Å². The fourth-order valence-electron chi connectivity index (χ4n) is 7.09. The molecule has 4 fully saturated rings. The second-order valence-corrected chi connectivity index (χ2v) is 11.7. The number of hydrogen-bond donors (Lipinski definition) is 6. The maximum absolute atomic E-state index is 12.8. The van der Waals surface area contributed by atoms with Crippen LogP contribution < -0.4 is 10.6 Å². The lowest BCUT2D eigenvalue weighted by Gasteiger charge is -2.37. The van der Waals surface area contributed by atoms with Crippen molar-refractivity contribution in [3.05, 3.63) is 0 Å². The SMILES string of the molecule is O=C(OOB(O)CCCC12CCCC1(C(=O)O)NCC2)C1NCC2SCCC21CCCB(O)O. The lowest BCUT2D eigenvalue weighted by Crippen LogP contribution is -2.54. The Morgan fingerprint density at radius 3 is 2.62 bits per heavy atom. The number of carboxylic acid groups (broad SMARTS) is 1. The number of carbonyl (C=O) groups excluding carboxylic acids is 1. The third kappa shape index (κ3) is 4.77. The average molecular weight is 498 g/mol. The molecule has 3 heterocycles. The Labute approximate surface area is 205 Å². The topological polar surface area (TPSA) is 158 Å². The minimum Gasteiger partial charge on any atom is -0.480 e. The molecular formula is C21H36B2N2O8S. The minimum absolute atomic E-state index is 0.251. The summed E-state index contributed by atoms with van der Waals surface area (Å²) in [4.78, 5) is 34.9. The predicted octanol–water partition coefficient (Wildman–Crippen LogP) is 0.426. The molecule has 5 atom stereocenters. The van der Waals surface area contributed by atoms with Crippen LogP contribution in [0.5, 0.6) is 0 Å². The van der Waals surface area contributed by atoms with Gasteiger partial charge in [-0.25, -0.2) is 9.60 Å². The fourth-order valence-corrected chi connectivity index (χ4v) is 8.79. The molecule has 5 unspecified atom stereocenters. The van der Waals surface area contributed by atoms with E-state index in [-0.39, 0.29) is 28.7 Å². The zero-order chi connectivity index (χ0) is 24.4. The summed E-state index contributed by atoms with van der Waals surface area (Å²) in [6.07, 6.45) is 7.05. The van der Waals surface area contributed by atoms with E-state index >= 15 is 0 Å². The van der Waals surface area contributed by atoms with Gasteiger partial charge in [-0.3, -0.25) is 4.79 Å². The zero-order valence-electron chi connectivity index (χ0n) is 19.5. The smallest absolute Gasteiger partial charge is 0.480 e. The van der Waals surface area contributed by atoms with E-state index in [1.165, 1.54) is 0 Å². The lowest BCUT2D eigenvalue weighted by molar-refractivity contribution is -0.227. The Morgan fingerprint density at radius 2 is 1.85 bits per heavy atom. The summed E-state index contributed by atoms with van der Waals surface area (Å²) in [5, 5.41) is 45.2. The number of nitrogens with one attached hydrogen (secondary N) is 2. The number of hydrogen-bond acceptors (Lipinski definition) is 10. The molecule has 1 saturated carbocycles. The van der Waals surface area contributed by atoms with Crippen LogP contribution in [0.25, 0.3) is 0 Å². The van der Waals surface area contributed by atoms with Gasteiger partial charge < -0.3 is 35.7 Å². The largest absolute Gasteiger partial charge is 0.504 e. The molecule has 0 bridgehead atoms. The number of fused-ring (bicyclic) bond motifs is 2. The molecule has 0 spiro atoms. The molecule has 6 N–H and O–H groups in total. The van der Waals surface area contributed by atoms with E-state index in [0.717, 1.165) is 31.4 Å². The molecule has 0 aromatic rings. The van der Waals surface area contributed by atoms with Crippen LogP contribution in [0.2, 0.25) is 12.6 Å². The third-order valence-corrected chi connectivity index (χ3v) is 10.3. The summed E-state index contributed by atoms with van der Waals surface area (Å²) in [6, 6.07) is -0.561. The number of carbonyl (C=O) groups is 2. The highest BCUT2D eigenvalue weighted by molar-refractivity contribution is 8.00. The molecular weight excluding hydrogens is 462 g/mol. The molecule has 13 heteroatoms. The van der Waals surface area contributed by atoms with Gasteiger partial charge in [0.15, 0.2) is 0 Å². The van der Waals surface area contributed by atoms with Crippen LogP contribution in [0.3, 0.4) is 0 Å². The standard InChI is InChI=1S/C21H36B2N2O8S/c26-17(16-20(6-3-10-22(29)30)9-13-34-15(20)14-24-16)32-33-23(31)11-2-5-19-4-1-7-21(19,18(27)28)25-12-8-19/h15-16,24-25,29-31H,1-14H2,(H,27,28). The van der Waals surface area contributed by atoms with Crippen molar-refractivity contribution in [1.29, 1.82) is 0 Å². The quantitative estimate of drug-likeness (QED) is 0.126. The van der Waals surface area contributed by atoms with Gasteiger partial charge in [0.2, 0.25) is 0 Å². The Morgan fingerprint density at radius 1 is 1.06 bits per heavy atom. The number of aliphatic carboxylic acids is 1. The summed E-state index contributed by atoms with van der Waals surface area (Å²) in [5.74, 6) is -0.411. The second-order valence-electron chi connectivity index (χ2n) is 10.4. The average Bonchev–Trinajstić information content (AvgIpc) is 3.50. The van der Waals surface area contributed by atoms with Crippen molar-refractivity contribution in [2.75, 3.05) is 18.8 Å². The van der Waals surface area contributed by atoms with Gasteiger partial charge in [0.25, 0.3) is 0 Å². The molecule has 190 valence electrons. The first kappa shape index (κ1) is 26.2. The van der Waals surface area contributed by atoms with Crippen LogP contribution in [0.4, 0.5) is 0 Å². The summed E-state index contributed by atoms with van der Waals surface area (Å²) in [7, 11) is -2.63. The van der Waals surface area contributed by atoms with Crippen molar-refractivity contribution in [3.63, 3.8) is 0 Å². The summed E-state index contributed by atoms with van der Waals surface area (Å²) in [6.45, 7) is 1.37. The summed E-state index contributed by atoms with van der Waals surface area (Å²) in [5.41, 5.74) is -1.48. The molecule has 0 aromatic carbocycles. The molecule has 10 nitrogen and oxygen atoms in total. The van der Waals surface area contributed by atoms with Gasteiger partial charge in [-0.2, -0.15) is 11.8 Å². The lowest BCUT2D eigenvalue weighted by atomic mass is 9.68. The molecule has 1 aliphatic carbocycles. The first-order valence-corrected chi connectivity index (χ1v) is 13.5. The summed E-state index contributed by atoms with van der Waals surface area (Å²) < 4.78 is 0. The van der Waals surface area contributed by atoms with Crippen molar-refractivity contribution in [1.82, 2.24) is 10.6 Å². The molecule has 3 saturated heterocycles. The highest BCUT2D eigenvalue weighted by atomic mass is 32.2.